The SMILES string of the molecule is COC(=O)/C=C/c1cc(F)cc(N=Cc2ccc(Br)cc2F)c1.COC(=O)/C=C/c1cc(N)cc(F)c1.O=Cc1ccc(Br)cc1F. The Morgan fingerprint density at radius 3 is 1.66 bits per heavy atom. The maximum Gasteiger partial charge on any atom is 0.330 e. The van der Waals surface area contributed by atoms with Gasteiger partial charge in [-0.15, -0.1) is 0 Å². The van der Waals surface area contributed by atoms with E-state index < -0.39 is 35.2 Å². The molecule has 0 unspecified atom stereocenters. The Hall–Kier alpha value is -4.88. The van der Waals surface area contributed by atoms with Crippen LogP contribution in [-0.4, -0.2) is 38.7 Å². The zero-order valence-corrected chi connectivity index (χ0v) is 27.9. The second kappa shape index (κ2) is 19.6. The van der Waals surface area contributed by atoms with Crippen LogP contribution in [0.5, 0.6) is 0 Å². The number of nitrogen functional groups attached to an aromatic ring is 1. The van der Waals surface area contributed by atoms with Gasteiger partial charge in [0.05, 0.1) is 25.5 Å². The summed E-state index contributed by atoms with van der Waals surface area (Å²) in [7, 11) is 2.52. The van der Waals surface area contributed by atoms with Gasteiger partial charge in [-0.05, 0) is 96.1 Å². The number of ether oxygens (including phenoxy) is 2. The van der Waals surface area contributed by atoms with Crippen molar-refractivity contribution in [2.45, 2.75) is 0 Å². The van der Waals surface area contributed by atoms with Crippen molar-refractivity contribution in [3.63, 3.8) is 0 Å². The molecule has 47 heavy (non-hydrogen) atoms. The fourth-order valence-corrected chi connectivity index (χ4v) is 3.98. The number of aldehydes is 1. The number of methoxy groups -OCH3 is 2. The average Bonchev–Trinajstić information content (AvgIpc) is 3.02. The minimum absolute atomic E-state index is 0.0863. The third-order valence-electron chi connectivity index (χ3n) is 5.48. The molecule has 13 heteroatoms. The number of nitrogens with zero attached hydrogens (tertiary/aromatic N) is 1. The Morgan fingerprint density at radius 2 is 1.19 bits per heavy atom. The van der Waals surface area contributed by atoms with E-state index in [1.54, 1.807) is 30.3 Å². The molecule has 0 heterocycles. The lowest BCUT2D eigenvalue weighted by molar-refractivity contribution is -0.135. The molecular formula is C34H26Br2F4N2O5. The van der Waals surface area contributed by atoms with Crippen LogP contribution in [0, 0.1) is 23.3 Å². The molecule has 0 amide bonds. The van der Waals surface area contributed by atoms with Crippen LogP contribution < -0.4 is 5.73 Å². The summed E-state index contributed by atoms with van der Waals surface area (Å²) in [6.07, 6.45) is 7.02. The average molecular weight is 778 g/mol. The van der Waals surface area contributed by atoms with Gasteiger partial charge in [0.15, 0.2) is 6.29 Å². The fourth-order valence-electron chi connectivity index (χ4n) is 3.31. The Labute approximate surface area is 284 Å². The predicted octanol–water partition coefficient (Wildman–Crippen LogP) is 8.66. The van der Waals surface area contributed by atoms with Gasteiger partial charge in [-0.25, -0.2) is 27.2 Å². The summed E-state index contributed by atoms with van der Waals surface area (Å²) in [5.74, 6) is -2.92. The van der Waals surface area contributed by atoms with E-state index in [0.717, 1.165) is 0 Å². The molecule has 0 bridgehead atoms. The monoisotopic (exact) mass is 776 g/mol. The Morgan fingerprint density at radius 1 is 0.702 bits per heavy atom. The minimum atomic E-state index is -0.545. The van der Waals surface area contributed by atoms with Crippen LogP contribution in [0.4, 0.5) is 28.9 Å². The quantitative estimate of drug-likeness (QED) is 0.0503. The zero-order valence-electron chi connectivity index (χ0n) is 24.7. The molecule has 0 aliphatic heterocycles. The maximum absolute atomic E-state index is 13.7. The number of halogens is 6. The number of nitrogens with two attached hydrogens (primary N) is 1. The van der Waals surface area contributed by atoms with E-state index in [4.69, 9.17) is 5.73 Å². The summed E-state index contributed by atoms with van der Waals surface area (Å²) in [4.78, 5) is 35.9. The van der Waals surface area contributed by atoms with Crippen LogP contribution in [0.15, 0.2) is 98.9 Å². The number of carbonyl (C=O) groups excluding carboxylic acids is 3. The molecule has 0 saturated heterocycles. The van der Waals surface area contributed by atoms with Gasteiger partial charge < -0.3 is 15.2 Å². The standard InChI is InChI=1S/C17H12BrF2NO2.C10H10FNO2.C7H4BrFO/c1-23-17(22)5-2-11-6-14(19)9-15(7-11)21-10-12-3-4-13(18)8-16(12)20;1-14-10(13)3-2-7-4-8(11)6-9(12)5-7;8-6-2-1-5(4-10)7(9)3-6/h2-10H,1H3;2-6H,12H2,1H3;1-4H/b5-2+,21-10?;3-2+;. The minimum Gasteiger partial charge on any atom is -0.466 e. The van der Waals surface area contributed by atoms with Gasteiger partial charge in [-0.1, -0.05) is 31.9 Å². The lowest BCUT2D eigenvalue weighted by Gasteiger charge is -2.00. The van der Waals surface area contributed by atoms with Crippen LogP contribution >= 0.6 is 31.9 Å². The van der Waals surface area contributed by atoms with Crippen LogP contribution in [-0.2, 0) is 19.1 Å². The van der Waals surface area contributed by atoms with Crippen molar-refractivity contribution in [2.75, 3.05) is 20.0 Å². The molecule has 0 aliphatic rings. The highest BCUT2D eigenvalue weighted by Gasteiger charge is 2.03. The van der Waals surface area contributed by atoms with E-state index in [2.05, 4.69) is 46.3 Å². The molecule has 2 N–H and O–H groups in total. The number of carbonyl (C=O) groups is 3. The van der Waals surface area contributed by atoms with Crippen LogP contribution in [0.2, 0.25) is 0 Å². The second-order valence-electron chi connectivity index (χ2n) is 8.98. The van der Waals surface area contributed by atoms with Crippen molar-refractivity contribution >= 4 is 79.8 Å². The van der Waals surface area contributed by atoms with Crippen molar-refractivity contribution in [1.82, 2.24) is 0 Å². The molecule has 4 rings (SSSR count). The number of aliphatic imine (C=N–C) groups is 1. The molecule has 0 aromatic heterocycles. The molecule has 0 aliphatic carbocycles. The van der Waals surface area contributed by atoms with E-state index >= 15 is 0 Å². The van der Waals surface area contributed by atoms with Gasteiger partial charge in [0.2, 0.25) is 0 Å². The Bertz CT molecular complexity index is 1790. The van der Waals surface area contributed by atoms with Gasteiger partial charge in [0.1, 0.15) is 23.3 Å². The summed E-state index contributed by atoms with van der Waals surface area (Å²) < 4.78 is 62.8. The van der Waals surface area contributed by atoms with Crippen LogP contribution in [0.1, 0.15) is 27.0 Å². The van der Waals surface area contributed by atoms with E-state index in [9.17, 15) is 31.9 Å². The number of hydrogen-bond acceptors (Lipinski definition) is 7. The Balaban J connectivity index is 0.000000271. The van der Waals surface area contributed by atoms with Crippen molar-refractivity contribution in [3.8, 4) is 0 Å². The topological polar surface area (TPSA) is 108 Å². The van der Waals surface area contributed by atoms with Crippen LogP contribution in [0.25, 0.3) is 12.2 Å². The number of rotatable bonds is 7. The summed E-state index contributed by atoms with van der Waals surface area (Å²) >= 11 is 6.24. The second-order valence-corrected chi connectivity index (χ2v) is 10.8. The molecule has 0 radical (unpaired) electrons. The lowest BCUT2D eigenvalue weighted by Crippen LogP contribution is -1.93. The Kier molecular flexibility index (Phi) is 16.0. The van der Waals surface area contributed by atoms with E-state index in [-0.39, 0.29) is 11.1 Å². The first kappa shape index (κ1) is 38.3. The van der Waals surface area contributed by atoms with Crippen molar-refractivity contribution in [3.05, 3.63) is 139 Å². The third-order valence-corrected chi connectivity index (χ3v) is 6.46. The third kappa shape index (κ3) is 14.4. The highest BCUT2D eigenvalue weighted by atomic mass is 79.9. The normalized spacial score (nSPS) is 10.6. The van der Waals surface area contributed by atoms with Gasteiger partial charge in [-0.2, -0.15) is 0 Å². The summed E-state index contributed by atoms with van der Waals surface area (Å²) in [6.45, 7) is 0. The number of esters is 2. The smallest absolute Gasteiger partial charge is 0.330 e. The summed E-state index contributed by atoms with van der Waals surface area (Å²) in [5, 5.41) is 0. The molecule has 4 aromatic rings. The fraction of sp³-hybridized carbons (Fsp3) is 0.0588. The van der Waals surface area contributed by atoms with E-state index in [0.29, 0.717) is 37.7 Å². The van der Waals surface area contributed by atoms with Crippen molar-refractivity contribution < 1.29 is 41.4 Å². The highest BCUT2D eigenvalue weighted by Crippen LogP contribution is 2.20. The van der Waals surface area contributed by atoms with E-state index in [1.165, 1.54) is 87.2 Å². The lowest BCUT2D eigenvalue weighted by atomic mass is 10.1. The number of hydrogen-bond donors (Lipinski definition) is 1. The molecule has 7 nitrogen and oxygen atoms in total. The summed E-state index contributed by atoms with van der Waals surface area (Å²) in [6, 6.07) is 16.9. The van der Waals surface area contributed by atoms with Gasteiger partial charge in [-0.3, -0.25) is 9.79 Å². The predicted molar refractivity (Wildman–Crippen MR) is 180 cm³/mol. The molecule has 244 valence electrons. The van der Waals surface area contributed by atoms with Gasteiger partial charge in [0, 0.05) is 38.6 Å². The van der Waals surface area contributed by atoms with Gasteiger partial charge in [0.25, 0.3) is 0 Å². The maximum atomic E-state index is 13.7. The summed E-state index contributed by atoms with van der Waals surface area (Å²) in [5.41, 5.74) is 7.36. The highest BCUT2D eigenvalue weighted by molar-refractivity contribution is 9.10. The van der Waals surface area contributed by atoms with E-state index in [1.807, 2.05) is 0 Å². The molecular weight excluding hydrogens is 752 g/mol. The molecule has 4 aromatic carbocycles. The zero-order chi connectivity index (χ0) is 34.9. The molecule has 0 saturated carbocycles. The largest absolute Gasteiger partial charge is 0.466 e. The first-order valence-corrected chi connectivity index (χ1v) is 14.7. The van der Waals surface area contributed by atoms with Crippen molar-refractivity contribution in [1.29, 1.82) is 0 Å². The molecule has 0 spiro atoms. The van der Waals surface area contributed by atoms with Gasteiger partial charge >= 0.3 is 11.9 Å². The molecule has 0 fully saturated rings. The number of benzene rings is 4. The van der Waals surface area contributed by atoms with Crippen molar-refractivity contribution in [2.24, 2.45) is 4.99 Å². The first-order chi connectivity index (χ1) is 22.3. The molecule has 0 atom stereocenters. The number of anilines is 1. The first-order valence-electron chi connectivity index (χ1n) is 13.1. The van der Waals surface area contributed by atoms with Crippen LogP contribution in [0.3, 0.4) is 0 Å².